The van der Waals surface area contributed by atoms with Crippen molar-refractivity contribution in [2.75, 3.05) is 46.8 Å². The van der Waals surface area contributed by atoms with Gasteiger partial charge in [0.15, 0.2) is 0 Å². The fourth-order valence-electron chi connectivity index (χ4n) is 5.10. The first-order valence-electron chi connectivity index (χ1n) is 14.4. The second kappa shape index (κ2) is 18.0. The van der Waals surface area contributed by atoms with E-state index in [1.807, 2.05) is 19.1 Å². The van der Waals surface area contributed by atoms with Crippen LogP contribution in [0.15, 0.2) is 87.0 Å². The highest BCUT2D eigenvalue weighted by molar-refractivity contribution is 8.00. The first-order valence-corrected chi connectivity index (χ1v) is 15.4. The van der Waals surface area contributed by atoms with Gasteiger partial charge in [0.25, 0.3) is 0 Å². The summed E-state index contributed by atoms with van der Waals surface area (Å²) in [4.78, 5) is 0. The van der Waals surface area contributed by atoms with Crippen LogP contribution in [0.1, 0.15) is 34.4 Å². The molecule has 0 aromatic heterocycles. The molecule has 1 saturated heterocycles. The Morgan fingerprint density at radius 2 is 1.43 bits per heavy atom. The molecule has 6 nitrogen and oxygen atoms in total. The van der Waals surface area contributed by atoms with Crippen molar-refractivity contribution in [1.82, 2.24) is 0 Å². The molecule has 1 aliphatic heterocycles. The zero-order valence-corrected chi connectivity index (χ0v) is 26.1. The standard InChI is InChI=1S/C35H46O6S/c1-8-17-37-24-31-32(39-18-9-2)33(40-19-10-3)34(41-20-11-4)35(42-31)29-23-27(25(6)21-30(29)36-7)22-26-13-15-28(16-14-26)38-12-5/h8-11,13-16,21,23,31-35H,1-4,12,17-20,22,24H2,5-7H3/t31-,32-,33+,34-,35+/m1/s1. The van der Waals surface area contributed by atoms with Crippen molar-refractivity contribution in [3.05, 3.63) is 109 Å². The molecule has 0 unspecified atom stereocenters. The lowest BCUT2D eigenvalue weighted by molar-refractivity contribution is -0.136. The van der Waals surface area contributed by atoms with Crippen LogP contribution in [0, 0.1) is 6.92 Å². The highest BCUT2D eigenvalue weighted by Gasteiger charge is 2.49. The zero-order chi connectivity index (χ0) is 30.3. The summed E-state index contributed by atoms with van der Waals surface area (Å²) >= 11 is 1.77. The van der Waals surface area contributed by atoms with E-state index in [2.05, 4.69) is 57.5 Å². The average Bonchev–Trinajstić information content (AvgIpc) is 3.00. The van der Waals surface area contributed by atoms with E-state index in [9.17, 15) is 0 Å². The lowest BCUT2D eigenvalue weighted by Gasteiger charge is -2.46. The number of aryl methyl sites for hydroxylation is 1. The van der Waals surface area contributed by atoms with E-state index < -0.39 is 6.10 Å². The van der Waals surface area contributed by atoms with Crippen LogP contribution in [0.3, 0.4) is 0 Å². The van der Waals surface area contributed by atoms with Crippen LogP contribution in [0.5, 0.6) is 11.5 Å². The minimum Gasteiger partial charge on any atom is -0.496 e. The van der Waals surface area contributed by atoms with Crippen molar-refractivity contribution < 1.29 is 28.4 Å². The van der Waals surface area contributed by atoms with Gasteiger partial charge in [0.2, 0.25) is 0 Å². The summed E-state index contributed by atoms with van der Waals surface area (Å²) in [5, 5.41) is -0.177. The van der Waals surface area contributed by atoms with Crippen molar-refractivity contribution in [1.29, 1.82) is 0 Å². The third-order valence-corrected chi connectivity index (χ3v) is 8.56. The number of ether oxygens (including phenoxy) is 6. The largest absolute Gasteiger partial charge is 0.496 e. The van der Waals surface area contributed by atoms with Gasteiger partial charge in [-0.05, 0) is 55.2 Å². The van der Waals surface area contributed by atoms with E-state index in [1.165, 1.54) is 11.1 Å². The normalized spacial score (nSPS) is 21.8. The minimum absolute atomic E-state index is 0.0473. The predicted octanol–water partition coefficient (Wildman–Crippen LogP) is 7.07. The molecule has 0 aliphatic carbocycles. The summed E-state index contributed by atoms with van der Waals surface area (Å²) in [5.74, 6) is 1.68. The molecule has 42 heavy (non-hydrogen) atoms. The number of hydrogen-bond acceptors (Lipinski definition) is 7. The van der Waals surface area contributed by atoms with Crippen LogP contribution in [-0.4, -0.2) is 70.3 Å². The Morgan fingerprint density at radius 3 is 2.02 bits per heavy atom. The predicted molar refractivity (Wildman–Crippen MR) is 173 cm³/mol. The molecule has 0 radical (unpaired) electrons. The molecule has 0 spiro atoms. The van der Waals surface area contributed by atoms with Crippen molar-refractivity contribution in [2.24, 2.45) is 0 Å². The highest BCUT2D eigenvalue weighted by Crippen LogP contribution is 2.49. The van der Waals surface area contributed by atoms with Crippen LogP contribution in [-0.2, 0) is 25.4 Å². The van der Waals surface area contributed by atoms with Crippen molar-refractivity contribution >= 4 is 11.8 Å². The monoisotopic (exact) mass is 594 g/mol. The Bertz CT molecular complexity index is 1150. The third kappa shape index (κ3) is 9.09. The fraction of sp³-hybridized carbons (Fsp3) is 0.429. The lowest BCUT2D eigenvalue weighted by Crippen LogP contribution is -2.55. The number of hydrogen-bond donors (Lipinski definition) is 0. The fourth-order valence-corrected chi connectivity index (χ4v) is 6.76. The van der Waals surface area contributed by atoms with Gasteiger partial charge in [-0.3, -0.25) is 0 Å². The smallest absolute Gasteiger partial charge is 0.123 e. The molecule has 7 heteroatoms. The molecule has 5 atom stereocenters. The van der Waals surface area contributed by atoms with Gasteiger partial charge in [-0.15, -0.1) is 38.1 Å². The van der Waals surface area contributed by atoms with Crippen LogP contribution in [0.25, 0.3) is 0 Å². The molecule has 1 heterocycles. The molecule has 3 rings (SSSR count). The van der Waals surface area contributed by atoms with Crippen molar-refractivity contribution in [3.8, 4) is 11.5 Å². The zero-order valence-electron chi connectivity index (χ0n) is 25.3. The van der Waals surface area contributed by atoms with Crippen LogP contribution in [0.2, 0.25) is 0 Å². The van der Waals surface area contributed by atoms with Gasteiger partial charge in [-0.25, -0.2) is 0 Å². The molecule has 1 fully saturated rings. The molecule has 0 saturated carbocycles. The summed E-state index contributed by atoms with van der Waals surface area (Å²) in [6.07, 6.45) is 6.73. The van der Waals surface area contributed by atoms with Gasteiger partial charge < -0.3 is 28.4 Å². The Hall–Kier alpha value is -2.81. The van der Waals surface area contributed by atoms with E-state index in [0.29, 0.717) is 39.6 Å². The van der Waals surface area contributed by atoms with Gasteiger partial charge in [0.1, 0.15) is 29.8 Å². The topological polar surface area (TPSA) is 55.4 Å². The quantitative estimate of drug-likeness (QED) is 0.127. The maximum atomic E-state index is 6.49. The van der Waals surface area contributed by atoms with E-state index >= 15 is 0 Å². The van der Waals surface area contributed by atoms with Gasteiger partial charge in [0.05, 0.1) is 57.3 Å². The summed E-state index contributed by atoms with van der Waals surface area (Å²) < 4.78 is 36.8. The summed E-state index contributed by atoms with van der Waals surface area (Å²) in [5.41, 5.74) is 4.62. The van der Waals surface area contributed by atoms with E-state index in [4.69, 9.17) is 28.4 Å². The molecular weight excluding hydrogens is 548 g/mol. The number of thioether (sulfide) groups is 1. The average molecular weight is 595 g/mol. The molecule has 228 valence electrons. The van der Waals surface area contributed by atoms with E-state index in [0.717, 1.165) is 29.0 Å². The summed E-state index contributed by atoms with van der Waals surface area (Å²) in [6.45, 7) is 22.2. The number of rotatable bonds is 19. The van der Waals surface area contributed by atoms with Crippen LogP contribution >= 0.6 is 11.8 Å². The molecule has 1 aliphatic rings. The third-order valence-electron chi connectivity index (χ3n) is 6.99. The second-order valence-corrected chi connectivity index (χ2v) is 11.3. The number of benzene rings is 2. The Kier molecular flexibility index (Phi) is 14.4. The Labute approximate surface area is 256 Å². The van der Waals surface area contributed by atoms with Gasteiger partial charge in [-0.1, -0.05) is 42.5 Å². The van der Waals surface area contributed by atoms with Gasteiger partial charge in [-0.2, -0.15) is 0 Å². The first kappa shape index (κ1) is 33.7. The minimum atomic E-state index is -0.396. The summed E-state index contributed by atoms with van der Waals surface area (Å²) in [6, 6.07) is 12.7. The highest BCUT2D eigenvalue weighted by atomic mass is 32.2. The van der Waals surface area contributed by atoms with Crippen LogP contribution in [0.4, 0.5) is 0 Å². The van der Waals surface area contributed by atoms with Crippen molar-refractivity contribution in [2.45, 2.75) is 49.1 Å². The van der Waals surface area contributed by atoms with Crippen LogP contribution < -0.4 is 9.47 Å². The molecular formula is C35H46O6S. The molecule has 0 N–H and O–H groups in total. The lowest BCUT2D eigenvalue weighted by atomic mass is 9.91. The Morgan fingerprint density at radius 1 is 0.810 bits per heavy atom. The van der Waals surface area contributed by atoms with E-state index in [1.54, 1.807) is 43.2 Å². The maximum absolute atomic E-state index is 6.49. The molecule has 2 aromatic rings. The number of methoxy groups -OCH3 is 1. The van der Waals surface area contributed by atoms with E-state index in [-0.39, 0.29) is 22.7 Å². The summed E-state index contributed by atoms with van der Waals surface area (Å²) in [7, 11) is 1.71. The molecule has 0 bridgehead atoms. The maximum Gasteiger partial charge on any atom is 0.123 e. The SMILES string of the molecule is C=CCOC[C@H]1S[C@@H](c2cc(Cc3ccc(OCC)cc3)c(C)cc2OC)[C@H](OCC=C)[C@@H](OCC=C)[C@@H]1OCC=C. The Balaban J connectivity index is 2.07. The van der Waals surface area contributed by atoms with Gasteiger partial charge >= 0.3 is 0 Å². The molecule has 2 aromatic carbocycles. The van der Waals surface area contributed by atoms with Gasteiger partial charge in [0, 0.05) is 5.56 Å². The first-order chi connectivity index (χ1) is 20.5. The molecule has 0 amide bonds. The second-order valence-electron chi connectivity index (χ2n) is 9.96. The van der Waals surface area contributed by atoms with Crippen molar-refractivity contribution in [3.63, 3.8) is 0 Å².